The molecule has 6 nitrogen and oxygen atoms in total. The monoisotopic (exact) mass is 381 g/mol. The Balaban J connectivity index is 2.02. The minimum atomic E-state index is -0.986. The van der Waals surface area contributed by atoms with Gasteiger partial charge >= 0.3 is 5.97 Å². The molecule has 1 atom stereocenters. The summed E-state index contributed by atoms with van der Waals surface area (Å²) in [4.78, 5) is 22.9. The molecule has 0 aliphatic heterocycles. The van der Waals surface area contributed by atoms with Crippen molar-refractivity contribution in [3.8, 4) is 5.75 Å². The summed E-state index contributed by atoms with van der Waals surface area (Å²) in [6.45, 7) is 3.55. The number of halogens is 1. The molecule has 0 radical (unpaired) electrons. The lowest BCUT2D eigenvalue weighted by Crippen LogP contribution is -2.14. The third-order valence-corrected chi connectivity index (χ3v) is 3.84. The molecule has 0 bridgehead atoms. The fraction of sp³-hybridized carbons (Fsp3) is 0.312. The number of rotatable bonds is 7. The van der Waals surface area contributed by atoms with Gasteiger partial charge in [-0.1, -0.05) is 12.1 Å². The van der Waals surface area contributed by atoms with Crippen LogP contribution < -0.4 is 4.74 Å². The minimum absolute atomic E-state index is 0.0415. The lowest BCUT2D eigenvalue weighted by Gasteiger charge is -2.09. The van der Waals surface area contributed by atoms with E-state index in [0.717, 1.165) is 0 Å². The number of aryl methyl sites for hydroxylation is 1. The van der Waals surface area contributed by atoms with Gasteiger partial charge in [0.15, 0.2) is 5.78 Å². The summed E-state index contributed by atoms with van der Waals surface area (Å²) in [6.07, 6.45) is -0.0415. The number of nitrogens with zero attached hydrogens (tertiary/aromatic N) is 1. The number of benzene rings is 1. The zero-order chi connectivity index (χ0) is 17.0. The fourth-order valence-electron chi connectivity index (χ4n) is 1.91. The van der Waals surface area contributed by atoms with E-state index in [4.69, 9.17) is 14.4 Å². The van der Waals surface area contributed by atoms with E-state index in [9.17, 15) is 9.59 Å². The summed E-state index contributed by atoms with van der Waals surface area (Å²) in [5.74, 6) is -0.656. The molecule has 1 aromatic carbocycles. The molecular weight excluding hydrogens is 366 g/mol. The number of hydrogen-bond acceptors (Lipinski definition) is 5. The first-order valence-corrected chi connectivity index (χ1v) is 7.76. The van der Waals surface area contributed by atoms with Gasteiger partial charge in [0.25, 0.3) is 0 Å². The van der Waals surface area contributed by atoms with Gasteiger partial charge < -0.3 is 14.4 Å². The Hall–Kier alpha value is -2.15. The van der Waals surface area contributed by atoms with Crippen LogP contribution in [-0.2, 0) is 11.4 Å². The van der Waals surface area contributed by atoms with Crippen molar-refractivity contribution in [1.82, 2.24) is 5.16 Å². The maximum absolute atomic E-state index is 12.1. The van der Waals surface area contributed by atoms with E-state index in [-0.39, 0.29) is 18.8 Å². The number of Topliss-reactive ketones (excluding diaryl/α,β-unsaturated/α-hetero) is 1. The van der Waals surface area contributed by atoms with Crippen molar-refractivity contribution in [3.05, 3.63) is 45.8 Å². The van der Waals surface area contributed by atoms with E-state index in [0.29, 0.717) is 27.2 Å². The number of carboxylic acid groups (broad SMARTS) is 1. The molecule has 7 heteroatoms. The van der Waals surface area contributed by atoms with Crippen molar-refractivity contribution in [3.63, 3.8) is 0 Å². The van der Waals surface area contributed by atoms with E-state index in [1.165, 1.54) is 6.92 Å². The zero-order valence-corrected chi connectivity index (χ0v) is 14.3. The second-order valence-electron chi connectivity index (χ2n) is 5.23. The van der Waals surface area contributed by atoms with Crippen molar-refractivity contribution in [2.24, 2.45) is 5.92 Å². The van der Waals surface area contributed by atoms with Crippen LogP contribution in [-0.4, -0.2) is 22.0 Å². The van der Waals surface area contributed by atoms with E-state index in [1.54, 1.807) is 31.2 Å². The maximum Gasteiger partial charge on any atom is 0.306 e. The van der Waals surface area contributed by atoms with Crippen LogP contribution in [0.3, 0.4) is 0 Å². The Bertz CT molecular complexity index is 725. The first-order chi connectivity index (χ1) is 10.9. The van der Waals surface area contributed by atoms with Crippen molar-refractivity contribution >= 4 is 27.7 Å². The molecule has 0 saturated carbocycles. The van der Waals surface area contributed by atoms with Crippen LogP contribution >= 0.6 is 15.9 Å². The molecule has 122 valence electrons. The predicted molar refractivity (Wildman–Crippen MR) is 85.5 cm³/mol. The topological polar surface area (TPSA) is 89.6 Å². The second-order valence-corrected chi connectivity index (χ2v) is 6.08. The minimum Gasteiger partial charge on any atom is -0.486 e. The van der Waals surface area contributed by atoms with Gasteiger partial charge in [-0.15, -0.1) is 0 Å². The molecule has 1 heterocycles. The first-order valence-electron chi connectivity index (χ1n) is 6.97. The van der Waals surface area contributed by atoms with Crippen LogP contribution in [0.2, 0.25) is 0 Å². The van der Waals surface area contributed by atoms with Gasteiger partial charge in [0, 0.05) is 18.1 Å². The van der Waals surface area contributed by atoms with Crippen LogP contribution in [0.15, 0.2) is 33.3 Å². The molecule has 0 saturated heterocycles. The Morgan fingerprint density at radius 3 is 2.70 bits per heavy atom. The molecule has 0 amide bonds. The number of aliphatic carboxylic acids is 1. The number of hydrogen-bond donors (Lipinski definition) is 1. The predicted octanol–water partition coefficient (Wildman–Crippen LogP) is 3.62. The molecule has 0 aliphatic carbocycles. The summed E-state index contributed by atoms with van der Waals surface area (Å²) >= 11 is 3.35. The molecule has 0 fully saturated rings. The Morgan fingerprint density at radius 1 is 1.39 bits per heavy atom. The fourth-order valence-corrected chi connectivity index (χ4v) is 2.41. The summed E-state index contributed by atoms with van der Waals surface area (Å²) in [5.41, 5.74) is 1.11. The highest BCUT2D eigenvalue weighted by Crippen LogP contribution is 2.27. The van der Waals surface area contributed by atoms with Crippen LogP contribution in [0.5, 0.6) is 5.75 Å². The molecule has 0 aliphatic rings. The molecule has 1 unspecified atom stereocenters. The number of aromatic nitrogens is 1. The van der Waals surface area contributed by atoms with Gasteiger partial charge in [-0.3, -0.25) is 9.59 Å². The molecule has 0 spiro atoms. The number of carbonyl (C=O) groups is 2. The van der Waals surface area contributed by atoms with Gasteiger partial charge in [-0.05, 0) is 41.1 Å². The average Bonchev–Trinajstić information content (AvgIpc) is 2.91. The normalized spacial score (nSPS) is 12.0. The quantitative estimate of drug-likeness (QED) is 0.736. The number of ketones is 1. The van der Waals surface area contributed by atoms with E-state index >= 15 is 0 Å². The maximum atomic E-state index is 12.1. The standard InChI is InChI=1S/C16H16BrNO5/c1-9(16(20)21)5-14(19)11-3-4-15(13(17)7-11)22-8-12-6-10(2)23-18-12/h3-4,6-7,9H,5,8H2,1-2H3,(H,20,21). The molecule has 1 N–H and O–H groups in total. The van der Waals surface area contributed by atoms with Gasteiger partial charge in [0.1, 0.15) is 23.8 Å². The SMILES string of the molecule is Cc1cc(COc2ccc(C(=O)CC(C)C(=O)O)cc2Br)no1. The smallest absolute Gasteiger partial charge is 0.306 e. The molecule has 23 heavy (non-hydrogen) atoms. The van der Waals surface area contributed by atoms with Crippen molar-refractivity contribution in [2.45, 2.75) is 26.9 Å². The molecule has 2 rings (SSSR count). The highest BCUT2D eigenvalue weighted by atomic mass is 79.9. The van der Waals surface area contributed by atoms with Crippen LogP contribution in [0.25, 0.3) is 0 Å². The third kappa shape index (κ3) is 4.66. The summed E-state index contributed by atoms with van der Waals surface area (Å²) in [5, 5.41) is 12.7. The van der Waals surface area contributed by atoms with Gasteiger partial charge in [0.2, 0.25) is 0 Å². The Morgan fingerprint density at radius 2 is 2.13 bits per heavy atom. The summed E-state index contributed by atoms with van der Waals surface area (Å²) < 4.78 is 11.2. The first kappa shape index (κ1) is 17.2. The summed E-state index contributed by atoms with van der Waals surface area (Å²) in [6, 6.07) is 6.68. The highest BCUT2D eigenvalue weighted by molar-refractivity contribution is 9.10. The lowest BCUT2D eigenvalue weighted by molar-refractivity contribution is -0.141. The number of carbonyl (C=O) groups excluding carboxylic acids is 1. The van der Waals surface area contributed by atoms with Gasteiger partial charge in [-0.2, -0.15) is 0 Å². The second kappa shape index (κ2) is 7.41. The third-order valence-electron chi connectivity index (χ3n) is 3.22. The Kier molecular flexibility index (Phi) is 5.54. The highest BCUT2D eigenvalue weighted by Gasteiger charge is 2.18. The lowest BCUT2D eigenvalue weighted by atomic mass is 10.00. The van der Waals surface area contributed by atoms with Crippen LogP contribution in [0, 0.1) is 12.8 Å². The largest absolute Gasteiger partial charge is 0.486 e. The molecular formula is C16H16BrNO5. The molecule has 2 aromatic rings. The average molecular weight is 382 g/mol. The van der Waals surface area contributed by atoms with Crippen LogP contribution in [0.1, 0.15) is 35.2 Å². The van der Waals surface area contributed by atoms with E-state index in [1.807, 2.05) is 0 Å². The van der Waals surface area contributed by atoms with Crippen LogP contribution in [0.4, 0.5) is 0 Å². The van der Waals surface area contributed by atoms with E-state index in [2.05, 4.69) is 21.1 Å². The van der Waals surface area contributed by atoms with Crippen molar-refractivity contribution in [2.75, 3.05) is 0 Å². The zero-order valence-electron chi connectivity index (χ0n) is 12.7. The molecule has 1 aromatic heterocycles. The van der Waals surface area contributed by atoms with E-state index < -0.39 is 11.9 Å². The van der Waals surface area contributed by atoms with Crippen molar-refractivity contribution in [1.29, 1.82) is 0 Å². The Labute approximate surface area is 141 Å². The van der Waals surface area contributed by atoms with Gasteiger partial charge in [-0.25, -0.2) is 0 Å². The number of ether oxygens (including phenoxy) is 1. The van der Waals surface area contributed by atoms with Crippen molar-refractivity contribution < 1.29 is 24.0 Å². The summed E-state index contributed by atoms with van der Waals surface area (Å²) in [7, 11) is 0. The van der Waals surface area contributed by atoms with Gasteiger partial charge in [0.05, 0.1) is 10.4 Å². The number of carboxylic acids is 1.